The van der Waals surface area contributed by atoms with E-state index >= 15 is 0 Å². The smallest absolute Gasteiger partial charge is 0.00255 e. The van der Waals surface area contributed by atoms with Gasteiger partial charge in [0, 0.05) is 0 Å². The van der Waals surface area contributed by atoms with Gasteiger partial charge in [-0.1, -0.05) is 78.4 Å². The summed E-state index contributed by atoms with van der Waals surface area (Å²) < 4.78 is 0. The second-order valence-corrected chi connectivity index (χ2v) is 15.4. The van der Waals surface area contributed by atoms with Crippen LogP contribution in [0.3, 0.4) is 0 Å². The highest BCUT2D eigenvalue weighted by Crippen LogP contribution is 2.48. The Morgan fingerprint density at radius 1 is 0.288 bits per heavy atom. The Morgan fingerprint density at radius 3 is 0.981 bits per heavy atom. The lowest BCUT2D eigenvalue weighted by Crippen LogP contribution is -1.95. The summed E-state index contributed by atoms with van der Waals surface area (Å²) in [6.07, 6.45) is 0. The number of hydrogen-bond donors (Lipinski definition) is 0. The van der Waals surface area contributed by atoms with E-state index in [4.69, 9.17) is 0 Å². The van der Waals surface area contributed by atoms with Crippen LogP contribution < -0.4 is 0 Å². The van der Waals surface area contributed by atoms with Gasteiger partial charge < -0.3 is 0 Å². The molecule has 0 saturated carbocycles. The number of benzene rings is 9. The minimum atomic E-state index is 1.27. The Kier molecular flexibility index (Phi) is 7.39. The summed E-state index contributed by atoms with van der Waals surface area (Å²) in [7, 11) is 0. The van der Waals surface area contributed by atoms with Crippen molar-refractivity contribution in [1.82, 2.24) is 0 Å². The molecular formula is C52H44. The SMILES string of the molecule is Cc1ccc(C)c(-c2cc3cc(-c4c(C)cccc4C)cc4c5cc(-c6c(C)cccc6C)cc6cc(-c7c(C)cccc7C)cc(c(c2)c34)c65)c1. The van der Waals surface area contributed by atoms with Crippen molar-refractivity contribution >= 4 is 43.1 Å². The molecule has 0 bridgehead atoms. The van der Waals surface area contributed by atoms with E-state index < -0.39 is 0 Å². The van der Waals surface area contributed by atoms with Crippen LogP contribution in [0.2, 0.25) is 0 Å². The third-order valence-corrected chi connectivity index (χ3v) is 11.7. The van der Waals surface area contributed by atoms with E-state index in [1.165, 1.54) is 132 Å². The molecule has 0 atom stereocenters. The zero-order valence-corrected chi connectivity index (χ0v) is 31.5. The Labute approximate surface area is 307 Å². The van der Waals surface area contributed by atoms with Gasteiger partial charge in [-0.3, -0.25) is 0 Å². The summed E-state index contributed by atoms with van der Waals surface area (Å²) in [6, 6.07) is 46.7. The van der Waals surface area contributed by atoms with Crippen LogP contribution >= 0.6 is 0 Å². The van der Waals surface area contributed by atoms with Gasteiger partial charge >= 0.3 is 0 Å². The molecule has 0 fully saturated rings. The molecule has 0 unspecified atom stereocenters. The molecule has 0 nitrogen and oxygen atoms in total. The number of hydrogen-bond acceptors (Lipinski definition) is 0. The summed E-state index contributed by atoms with van der Waals surface area (Å²) in [4.78, 5) is 0. The van der Waals surface area contributed by atoms with Gasteiger partial charge in [-0.2, -0.15) is 0 Å². The number of rotatable bonds is 4. The van der Waals surface area contributed by atoms with Crippen LogP contribution in [-0.2, 0) is 0 Å². The molecule has 0 aromatic heterocycles. The van der Waals surface area contributed by atoms with Crippen molar-refractivity contribution in [3.05, 3.63) is 166 Å². The van der Waals surface area contributed by atoms with Crippen molar-refractivity contribution in [2.45, 2.75) is 55.4 Å². The zero-order chi connectivity index (χ0) is 36.0. The molecule has 9 aromatic rings. The van der Waals surface area contributed by atoms with E-state index in [-0.39, 0.29) is 0 Å². The van der Waals surface area contributed by atoms with E-state index in [1.807, 2.05) is 0 Å². The lowest BCUT2D eigenvalue weighted by Gasteiger charge is -2.22. The second-order valence-electron chi connectivity index (χ2n) is 15.4. The summed E-state index contributed by atoms with van der Waals surface area (Å²) in [5.41, 5.74) is 20.8. The highest BCUT2D eigenvalue weighted by molar-refractivity contribution is 6.35. The van der Waals surface area contributed by atoms with Crippen LogP contribution in [0, 0.1) is 55.4 Å². The van der Waals surface area contributed by atoms with Gasteiger partial charge in [0.2, 0.25) is 0 Å². The van der Waals surface area contributed by atoms with Gasteiger partial charge in [-0.25, -0.2) is 0 Å². The van der Waals surface area contributed by atoms with Crippen molar-refractivity contribution in [2.75, 3.05) is 0 Å². The average molecular weight is 669 g/mol. The maximum atomic E-state index is 2.49. The molecule has 9 rings (SSSR count). The quantitative estimate of drug-likeness (QED) is 0.129. The van der Waals surface area contributed by atoms with Crippen molar-refractivity contribution in [3.63, 3.8) is 0 Å². The Hall–Kier alpha value is -5.72. The van der Waals surface area contributed by atoms with Gasteiger partial charge in [0.25, 0.3) is 0 Å². The fourth-order valence-electron chi connectivity index (χ4n) is 9.33. The lowest BCUT2D eigenvalue weighted by atomic mass is 9.82. The first kappa shape index (κ1) is 32.2. The summed E-state index contributed by atoms with van der Waals surface area (Å²) in [5.74, 6) is 0. The van der Waals surface area contributed by atoms with Crippen molar-refractivity contribution in [2.24, 2.45) is 0 Å². The van der Waals surface area contributed by atoms with E-state index in [0.29, 0.717) is 0 Å². The van der Waals surface area contributed by atoms with Crippen molar-refractivity contribution < 1.29 is 0 Å². The summed E-state index contributed by atoms with van der Waals surface area (Å²) in [5, 5.41) is 10.6. The minimum absolute atomic E-state index is 1.27. The van der Waals surface area contributed by atoms with Crippen LogP contribution in [0.25, 0.3) is 87.6 Å². The lowest BCUT2D eigenvalue weighted by molar-refractivity contribution is 1.38. The van der Waals surface area contributed by atoms with Gasteiger partial charge in [-0.05, 0) is 230 Å². The first-order chi connectivity index (χ1) is 25.1. The molecule has 52 heavy (non-hydrogen) atoms. The van der Waals surface area contributed by atoms with Crippen LogP contribution in [0.1, 0.15) is 44.5 Å². The van der Waals surface area contributed by atoms with Gasteiger partial charge in [0.05, 0.1) is 0 Å². The molecule has 0 aliphatic carbocycles. The molecule has 0 heterocycles. The summed E-state index contributed by atoms with van der Waals surface area (Å²) >= 11 is 0. The zero-order valence-electron chi connectivity index (χ0n) is 31.5. The molecule has 0 spiro atoms. The normalized spacial score (nSPS) is 11.8. The van der Waals surface area contributed by atoms with Crippen LogP contribution in [0.15, 0.2) is 121 Å². The molecule has 0 radical (unpaired) electrons. The van der Waals surface area contributed by atoms with Crippen molar-refractivity contribution in [1.29, 1.82) is 0 Å². The van der Waals surface area contributed by atoms with E-state index in [2.05, 4.69) is 177 Å². The molecule has 0 aliphatic heterocycles. The van der Waals surface area contributed by atoms with Gasteiger partial charge in [0.15, 0.2) is 0 Å². The second kappa shape index (κ2) is 11.9. The van der Waals surface area contributed by atoms with E-state index in [9.17, 15) is 0 Å². The van der Waals surface area contributed by atoms with Crippen LogP contribution in [-0.4, -0.2) is 0 Å². The Bertz CT molecular complexity index is 2850. The number of fused-ring (bicyclic) bond motifs is 2. The third-order valence-electron chi connectivity index (χ3n) is 11.7. The van der Waals surface area contributed by atoms with Gasteiger partial charge in [0.1, 0.15) is 0 Å². The minimum Gasteiger partial charge on any atom is -0.0617 e. The van der Waals surface area contributed by atoms with Crippen molar-refractivity contribution in [3.8, 4) is 44.5 Å². The molecule has 0 aliphatic rings. The summed E-state index contributed by atoms with van der Waals surface area (Å²) in [6.45, 7) is 17.9. The van der Waals surface area contributed by atoms with Gasteiger partial charge in [-0.15, -0.1) is 0 Å². The molecule has 0 N–H and O–H groups in total. The maximum Gasteiger partial charge on any atom is -0.00255 e. The predicted octanol–water partition coefficient (Wildman–Crippen LogP) is 14.9. The van der Waals surface area contributed by atoms with E-state index in [1.54, 1.807) is 0 Å². The average Bonchev–Trinajstić information content (AvgIpc) is 3.10. The van der Waals surface area contributed by atoms with Crippen LogP contribution in [0.4, 0.5) is 0 Å². The molecule has 9 aromatic carbocycles. The predicted molar refractivity (Wildman–Crippen MR) is 227 cm³/mol. The number of aryl methyl sites for hydroxylation is 8. The fraction of sp³-hybridized carbons (Fsp3) is 0.154. The standard InChI is InChI=1S/C52H44/c1-29-18-19-30(2)43(20-29)37-21-38-22-40(48-31(3)12-9-13-32(48)4)27-46-47-28-42(50-35(7)16-11-17-36(50)8)24-39-23-41(49-33(5)14-10-15-34(49)6)26-45(52(39)47)44(25-37)51(38)46/h9-28H,1-8H3. The Morgan fingerprint density at radius 2 is 0.615 bits per heavy atom. The highest BCUT2D eigenvalue weighted by Gasteiger charge is 2.21. The first-order valence-corrected chi connectivity index (χ1v) is 18.6. The molecule has 0 saturated heterocycles. The molecule has 252 valence electrons. The third kappa shape index (κ3) is 4.96. The monoisotopic (exact) mass is 668 g/mol. The first-order valence-electron chi connectivity index (χ1n) is 18.6. The van der Waals surface area contributed by atoms with E-state index in [0.717, 1.165) is 0 Å². The maximum absolute atomic E-state index is 2.49. The Balaban J connectivity index is 1.53. The fourth-order valence-corrected chi connectivity index (χ4v) is 9.33. The van der Waals surface area contributed by atoms with Crippen LogP contribution in [0.5, 0.6) is 0 Å². The molecule has 0 amide bonds. The highest BCUT2D eigenvalue weighted by atomic mass is 14.2. The molecular weight excluding hydrogens is 625 g/mol. The topological polar surface area (TPSA) is 0 Å². The molecule has 0 heteroatoms. The largest absolute Gasteiger partial charge is 0.0617 e.